The van der Waals surface area contributed by atoms with Crippen LogP contribution in [0.1, 0.15) is 13.8 Å². The number of sulfonamides is 1. The van der Waals surface area contributed by atoms with E-state index in [0.29, 0.717) is 38.5 Å². The fraction of sp³-hybridized carbons (Fsp3) is 0.409. The predicted molar refractivity (Wildman–Crippen MR) is 120 cm³/mol. The van der Waals surface area contributed by atoms with Crippen LogP contribution in [0.3, 0.4) is 0 Å². The number of amides is 1. The zero-order valence-electron chi connectivity index (χ0n) is 18.1. The molecule has 1 saturated heterocycles. The van der Waals surface area contributed by atoms with Crippen LogP contribution in [0, 0.1) is 0 Å². The van der Waals surface area contributed by atoms with E-state index in [1.54, 1.807) is 24.0 Å². The Hall–Kier alpha value is -2.62. The third-order valence-corrected chi connectivity index (χ3v) is 7.08. The number of methoxy groups -OCH3 is 1. The van der Waals surface area contributed by atoms with Crippen molar-refractivity contribution in [2.75, 3.05) is 50.2 Å². The van der Waals surface area contributed by atoms with Crippen molar-refractivity contribution >= 4 is 27.3 Å². The smallest absolute Gasteiger partial charge is 0.249 e. The number of nitrogens with zero attached hydrogens (tertiary/aromatic N) is 2. The van der Waals surface area contributed by atoms with Gasteiger partial charge >= 0.3 is 0 Å². The van der Waals surface area contributed by atoms with Crippen LogP contribution in [-0.2, 0) is 19.6 Å². The number of carbonyl (C=O) groups excluding carboxylic acids is 1. The summed E-state index contributed by atoms with van der Waals surface area (Å²) in [5.74, 6) is 0.151. The lowest BCUT2D eigenvalue weighted by molar-refractivity contribution is -0.119. The topological polar surface area (TPSA) is 88.2 Å². The number of morpholine rings is 1. The lowest BCUT2D eigenvalue weighted by atomic mass is 10.2. The molecule has 3 rings (SSSR count). The molecule has 0 unspecified atom stereocenters. The van der Waals surface area contributed by atoms with Crippen molar-refractivity contribution in [2.24, 2.45) is 0 Å². The molecule has 168 valence electrons. The van der Waals surface area contributed by atoms with Gasteiger partial charge in [0.25, 0.3) is 0 Å². The minimum atomic E-state index is -3.75. The Bertz CT molecular complexity index is 991. The van der Waals surface area contributed by atoms with Crippen LogP contribution < -0.4 is 15.0 Å². The molecule has 9 heteroatoms. The Labute approximate surface area is 183 Å². The maximum atomic E-state index is 13.2. The molecular weight excluding hydrogens is 418 g/mol. The first-order chi connectivity index (χ1) is 14.9. The molecule has 1 aliphatic heterocycles. The maximum Gasteiger partial charge on any atom is 0.249 e. The highest BCUT2D eigenvalue weighted by Crippen LogP contribution is 2.30. The van der Waals surface area contributed by atoms with E-state index >= 15 is 0 Å². The summed E-state index contributed by atoms with van der Waals surface area (Å²) in [5, 5.41) is 3.14. The molecule has 31 heavy (non-hydrogen) atoms. The van der Waals surface area contributed by atoms with Gasteiger partial charge in [0.2, 0.25) is 15.9 Å². The van der Waals surface area contributed by atoms with E-state index in [2.05, 4.69) is 5.32 Å². The van der Waals surface area contributed by atoms with Gasteiger partial charge in [-0.2, -0.15) is 4.31 Å². The van der Waals surface area contributed by atoms with Gasteiger partial charge in [-0.15, -0.1) is 0 Å². The van der Waals surface area contributed by atoms with Gasteiger partial charge in [0, 0.05) is 31.0 Å². The number of hydrogen-bond acceptors (Lipinski definition) is 6. The molecule has 1 heterocycles. The number of benzene rings is 2. The summed E-state index contributed by atoms with van der Waals surface area (Å²) in [6, 6.07) is 13.7. The van der Waals surface area contributed by atoms with Gasteiger partial charge in [-0.25, -0.2) is 8.42 Å². The van der Waals surface area contributed by atoms with Crippen molar-refractivity contribution in [3.63, 3.8) is 0 Å². The Morgan fingerprint density at radius 2 is 1.87 bits per heavy atom. The van der Waals surface area contributed by atoms with Crippen molar-refractivity contribution in [3.05, 3.63) is 48.5 Å². The highest BCUT2D eigenvalue weighted by molar-refractivity contribution is 7.89. The number of ether oxygens (including phenoxy) is 2. The lowest BCUT2D eigenvalue weighted by Gasteiger charge is -2.27. The molecular formula is C22H29N3O5S. The van der Waals surface area contributed by atoms with Crippen LogP contribution in [0.5, 0.6) is 5.75 Å². The number of likely N-dealkylation sites (N-methyl/N-ethyl adjacent to an activating group) is 1. The van der Waals surface area contributed by atoms with E-state index in [-0.39, 0.29) is 16.6 Å². The molecule has 1 N–H and O–H groups in total. The summed E-state index contributed by atoms with van der Waals surface area (Å²) >= 11 is 0. The second-order valence-corrected chi connectivity index (χ2v) is 9.07. The quantitative estimate of drug-likeness (QED) is 0.669. The molecule has 2 aromatic rings. The summed E-state index contributed by atoms with van der Waals surface area (Å²) in [5.41, 5.74) is 1.34. The molecule has 0 saturated carbocycles. The monoisotopic (exact) mass is 447 g/mol. The summed E-state index contributed by atoms with van der Waals surface area (Å²) in [7, 11) is -2.32. The second kappa shape index (κ2) is 10.1. The molecule has 2 aromatic carbocycles. The van der Waals surface area contributed by atoms with Gasteiger partial charge in [-0.05, 0) is 44.2 Å². The minimum Gasteiger partial charge on any atom is -0.495 e. The van der Waals surface area contributed by atoms with Gasteiger partial charge < -0.3 is 19.7 Å². The Balaban J connectivity index is 1.83. The number of nitrogens with one attached hydrogen (secondary N) is 1. The van der Waals surface area contributed by atoms with Crippen LogP contribution in [0.2, 0.25) is 0 Å². The van der Waals surface area contributed by atoms with Crippen molar-refractivity contribution in [3.8, 4) is 5.75 Å². The van der Waals surface area contributed by atoms with E-state index in [1.165, 1.54) is 17.5 Å². The van der Waals surface area contributed by atoms with Crippen LogP contribution >= 0.6 is 0 Å². The lowest BCUT2D eigenvalue weighted by Crippen LogP contribution is -2.41. The van der Waals surface area contributed by atoms with E-state index in [0.717, 1.165) is 5.69 Å². The minimum absolute atomic E-state index is 0.0666. The molecule has 1 atom stereocenters. The molecule has 1 amide bonds. The molecule has 1 aliphatic rings. The first-order valence-corrected chi connectivity index (χ1v) is 11.7. The van der Waals surface area contributed by atoms with Gasteiger partial charge in [0.05, 0.1) is 20.3 Å². The zero-order chi connectivity index (χ0) is 22.4. The Morgan fingerprint density at radius 3 is 2.48 bits per heavy atom. The summed E-state index contributed by atoms with van der Waals surface area (Å²) in [6.45, 7) is 5.50. The summed E-state index contributed by atoms with van der Waals surface area (Å²) < 4.78 is 38.3. The second-order valence-electron chi connectivity index (χ2n) is 7.17. The summed E-state index contributed by atoms with van der Waals surface area (Å²) in [6.07, 6.45) is 0. The van der Waals surface area contributed by atoms with E-state index in [9.17, 15) is 13.2 Å². The highest BCUT2D eigenvalue weighted by atomic mass is 32.2. The molecule has 0 radical (unpaired) electrons. The van der Waals surface area contributed by atoms with E-state index < -0.39 is 16.1 Å². The average molecular weight is 448 g/mol. The highest BCUT2D eigenvalue weighted by Gasteiger charge is 2.30. The van der Waals surface area contributed by atoms with Gasteiger partial charge in [-0.1, -0.05) is 18.2 Å². The fourth-order valence-corrected chi connectivity index (χ4v) is 5.10. The van der Waals surface area contributed by atoms with E-state index in [1.807, 2.05) is 37.3 Å². The third kappa shape index (κ3) is 5.17. The van der Waals surface area contributed by atoms with Crippen molar-refractivity contribution in [1.82, 2.24) is 4.31 Å². The standard InChI is InChI=1S/C22H29N3O5S/c1-4-25(19-8-6-5-7-9-19)22(26)17(2)23-18-10-11-20(29-3)21(16-18)31(27,28)24-12-14-30-15-13-24/h5-11,16-17,23H,4,12-15H2,1-3H3/t17-/m1/s1. The normalized spacial score (nSPS) is 15.8. The van der Waals surface area contributed by atoms with Crippen LogP contribution in [0.4, 0.5) is 11.4 Å². The Morgan fingerprint density at radius 1 is 1.19 bits per heavy atom. The largest absolute Gasteiger partial charge is 0.495 e. The van der Waals surface area contributed by atoms with Crippen molar-refractivity contribution in [1.29, 1.82) is 0 Å². The first-order valence-electron chi connectivity index (χ1n) is 10.3. The molecule has 0 spiro atoms. The van der Waals surface area contributed by atoms with Gasteiger partial charge in [-0.3, -0.25) is 4.79 Å². The van der Waals surface area contributed by atoms with Crippen LogP contribution in [0.15, 0.2) is 53.4 Å². The summed E-state index contributed by atoms with van der Waals surface area (Å²) in [4.78, 5) is 14.8. The molecule has 0 bridgehead atoms. The number of rotatable bonds is 8. The number of anilines is 2. The number of para-hydroxylation sites is 1. The molecule has 0 aromatic heterocycles. The fourth-order valence-electron chi connectivity index (χ4n) is 3.51. The number of carbonyl (C=O) groups is 1. The maximum absolute atomic E-state index is 13.2. The Kier molecular flexibility index (Phi) is 7.53. The van der Waals surface area contributed by atoms with Crippen molar-refractivity contribution < 1.29 is 22.7 Å². The van der Waals surface area contributed by atoms with Gasteiger partial charge in [0.15, 0.2) is 0 Å². The van der Waals surface area contributed by atoms with Crippen molar-refractivity contribution in [2.45, 2.75) is 24.8 Å². The third-order valence-electron chi connectivity index (χ3n) is 5.16. The molecule has 1 fully saturated rings. The molecule has 8 nitrogen and oxygen atoms in total. The average Bonchev–Trinajstić information content (AvgIpc) is 2.80. The SMILES string of the molecule is CCN(C(=O)[C@@H](C)Nc1ccc(OC)c(S(=O)(=O)N2CCOCC2)c1)c1ccccc1. The van der Waals surface area contributed by atoms with Crippen LogP contribution in [-0.4, -0.2) is 64.6 Å². The first kappa shape index (κ1) is 23.1. The van der Waals surface area contributed by atoms with Gasteiger partial charge in [0.1, 0.15) is 16.7 Å². The van der Waals surface area contributed by atoms with E-state index in [4.69, 9.17) is 9.47 Å². The number of hydrogen-bond donors (Lipinski definition) is 1. The zero-order valence-corrected chi connectivity index (χ0v) is 18.9. The molecule has 0 aliphatic carbocycles. The van der Waals surface area contributed by atoms with Crippen LogP contribution in [0.25, 0.3) is 0 Å². The predicted octanol–water partition coefficient (Wildman–Crippen LogP) is 2.57.